The fraction of sp³-hybridized carbons (Fsp3) is 0.231. The summed E-state index contributed by atoms with van der Waals surface area (Å²) in [6, 6.07) is 2.00. The maximum absolute atomic E-state index is 11.2. The Labute approximate surface area is 122 Å². The lowest BCUT2D eigenvalue weighted by Gasteiger charge is -1.97. The van der Waals surface area contributed by atoms with Gasteiger partial charge >= 0.3 is 5.69 Å². The highest BCUT2D eigenvalue weighted by Gasteiger charge is 2.20. The molecule has 0 radical (unpaired) electrons. The number of nitrogen functional groups attached to an aromatic ring is 1. The van der Waals surface area contributed by atoms with Gasteiger partial charge in [0.25, 0.3) is 0 Å². The zero-order chi connectivity index (χ0) is 15.3. The van der Waals surface area contributed by atoms with E-state index in [9.17, 15) is 9.90 Å². The van der Waals surface area contributed by atoms with Crippen LogP contribution < -0.4 is 22.1 Å². The molecular formula is C13H13N7O2. The van der Waals surface area contributed by atoms with Crippen LogP contribution >= 0.6 is 0 Å². The van der Waals surface area contributed by atoms with Gasteiger partial charge in [-0.2, -0.15) is 9.61 Å². The number of aromatic nitrogens is 5. The van der Waals surface area contributed by atoms with Gasteiger partial charge in [-0.1, -0.05) is 0 Å². The van der Waals surface area contributed by atoms with Gasteiger partial charge in [0.1, 0.15) is 11.5 Å². The van der Waals surface area contributed by atoms with E-state index in [1.54, 1.807) is 22.9 Å². The molecule has 1 fully saturated rings. The van der Waals surface area contributed by atoms with E-state index in [0.29, 0.717) is 28.2 Å². The second-order valence-corrected chi connectivity index (χ2v) is 5.22. The molecule has 112 valence electrons. The summed E-state index contributed by atoms with van der Waals surface area (Å²) in [4.78, 5) is 24.7. The van der Waals surface area contributed by atoms with Gasteiger partial charge in [-0.25, -0.2) is 9.78 Å². The van der Waals surface area contributed by atoms with Crippen LogP contribution in [0, 0.1) is 0 Å². The second-order valence-electron chi connectivity index (χ2n) is 5.22. The van der Waals surface area contributed by atoms with Crippen molar-refractivity contribution in [2.24, 2.45) is 4.99 Å². The number of aromatic amines is 2. The van der Waals surface area contributed by atoms with Gasteiger partial charge < -0.3 is 15.8 Å². The average Bonchev–Trinajstić information content (AvgIpc) is 3.09. The van der Waals surface area contributed by atoms with Crippen molar-refractivity contribution in [1.29, 1.82) is 0 Å². The molecule has 0 amide bonds. The molecule has 5 N–H and O–H groups in total. The van der Waals surface area contributed by atoms with Gasteiger partial charge in [0.05, 0.1) is 12.2 Å². The number of nitrogens with one attached hydrogen (secondary N) is 2. The molecule has 0 bridgehead atoms. The number of nitrogens with two attached hydrogens (primary N) is 1. The van der Waals surface area contributed by atoms with E-state index < -0.39 is 5.69 Å². The number of nitrogens with zero attached hydrogens (tertiary/aromatic N) is 4. The quantitative estimate of drug-likeness (QED) is 0.463. The molecule has 0 unspecified atom stereocenters. The van der Waals surface area contributed by atoms with Crippen LogP contribution in [0.5, 0.6) is 5.88 Å². The number of aromatic hydroxyl groups is 1. The van der Waals surface area contributed by atoms with Crippen LogP contribution in [0.4, 0.5) is 5.82 Å². The van der Waals surface area contributed by atoms with E-state index in [-0.39, 0.29) is 11.6 Å². The molecule has 0 spiro atoms. The molecular weight excluding hydrogens is 286 g/mol. The molecule has 3 aromatic heterocycles. The van der Waals surface area contributed by atoms with Crippen LogP contribution in [0.25, 0.3) is 11.7 Å². The fourth-order valence-electron chi connectivity index (χ4n) is 2.21. The normalized spacial score (nSPS) is 16.7. The van der Waals surface area contributed by atoms with Crippen molar-refractivity contribution in [2.75, 3.05) is 5.73 Å². The highest BCUT2D eigenvalue weighted by Crippen LogP contribution is 2.22. The first kappa shape index (κ1) is 12.6. The number of hydrogen-bond acceptors (Lipinski definition) is 6. The Bertz CT molecular complexity index is 1040. The molecule has 0 atom stereocenters. The van der Waals surface area contributed by atoms with Crippen molar-refractivity contribution < 1.29 is 5.11 Å². The van der Waals surface area contributed by atoms with Gasteiger partial charge in [-0.05, 0) is 18.9 Å². The summed E-state index contributed by atoms with van der Waals surface area (Å²) in [7, 11) is 0. The fourth-order valence-corrected chi connectivity index (χ4v) is 2.21. The lowest BCUT2D eigenvalue weighted by molar-refractivity contribution is 0.454. The van der Waals surface area contributed by atoms with Gasteiger partial charge in [0.2, 0.25) is 5.88 Å². The SMILES string of the molecule is Nc1cc(=NC2CC2)n2nc/c(=C\c3[nH]c(=O)[nH]c3O)c2n1. The van der Waals surface area contributed by atoms with Crippen LogP contribution in [-0.2, 0) is 0 Å². The van der Waals surface area contributed by atoms with Crippen molar-refractivity contribution in [1.82, 2.24) is 24.6 Å². The number of hydrogen-bond donors (Lipinski definition) is 4. The van der Waals surface area contributed by atoms with Gasteiger partial charge in [-0.15, -0.1) is 0 Å². The van der Waals surface area contributed by atoms with Crippen molar-refractivity contribution in [3.63, 3.8) is 0 Å². The number of anilines is 1. The number of H-pyrrole nitrogens is 2. The van der Waals surface area contributed by atoms with E-state index >= 15 is 0 Å². The van der Waals surface area contributed by atoms with Gasteiger partial charge in [0, 0.05) is 11.3 Å². The van der Waals surface area contributed by atoms with Crippen molar-refractivity contribution in [2.45, 2.75) is 18.9 Å². The zero-order valence-corrected chi connectivity index (χ0v) is 11.4. The minimum Gasteiger partial charge on any atom is -0.493 e. The maximum Gasteiger partial charge on any atom is 0.326 e. The molecule has 1 aliphatic carbocycles. The molecule has 0 aromatic carbocycles. The third kappa shape index (κ3) is 2.12. The summed E-state index contributed by atoms with van der Waals surface area (Å²) in [6.45, 7) is 0. The molecule has 3 aromatic rings. The molecule has 1 aliphatic rings. The lowest BCUT2D eigenvalue weighted by atomic mass is 10.3. The molecule has 1 saturated carbocycles. The van der Waals surface area contributed by atoms with Crippen LogP contribution in [-0.4, -0.2) is 35.7 Å². The molecule has 0 aliphatic heterocycles. The minimum atomic E-state index is -0.489. The first-order chi connectivity index (χ1) is 10.6. The Morgan fingerprint density at radius 3 is 2.95 bits per heavy atom. The van der Waals surface area contributed by atoms with Crippen LogP contribution in [0.3, 0.4) is 0 Å². The summed E-state index contributed by atoms with van der Waals surface area (Å²) in [5.41, 5.74) is 6.77. The van der Waals surface area contributed by atoms with Crippen molar-refractivity contribution >= 4 is 17.5 Å². The molecule has 9 nitrogen and oxygen atoms in total. The molecule has 0 saturated heterocycles. The van der Waals surface area contributed by atoms with Crippen LogP contribution in [0.1, 0.15) is 18.5 Å². The number of rotatable bonds is 2. The largest absolute Gasteiger partial charge is 0.493 e. The minimum absolute atomic E-state index is 0.240. The lowest BCUT2D eigenvalue weighted by Crippen LogP contribution is -2.19. The van der Waals surface area contributed by atoms with Crippen molar-refractivity contribution in [3.8, 4) is 5.88 Å². The van der Waals surface area contributed by atoms with Crippen molar-refractivity contribution in [3.05, 3.63) is 39.1 Å². The Hall–Kier alpha value is -3.10. The highest BCUT2D eigenvalue weighted by molar-refractivity contribution is 5.57. The van der Waals surface area contributed by atoms with E-state index in [0.717, 1.165) is 12.8 Å². The van der Waals surface area contributed by atoms with Crippen LogP contribution in [0.2, 0.25) is 0 Å². The monoisotopic (exact) mass is 299 g/mol. The van der Waals surface area contributed by atoms with Gasteiger partial charge in [0.15, 0.2) is 11.1 Å². The predicted octanol–water partition coefficient (Wildman–Crippen LogP) is -1.36. The third-order valence-electron chi connectivity index (χ3n) is 3.40. The number of fused-ring (bicyclic) bond motifs is 1. The van der Waals surface area contributed by atoms with Gasteiger partial charge in [-0.3, -0.25) is 9.98 Å². The third-order valence-corrected chi connectivity index (χ3v) is 3.40. The Morgan fingerprint density at radius 1 is 1.45 bits per heavy atom. The Balaban J connectivity index is 1.98. The summed E-state index contributed by atoms with van der Waals surface area (Å²) in [5.74, 6) is 0.102. The molecule has 3 heterocycles. The zero-order valence-electron chi connectivity index (χ0n) is 11.4. The second kappa shape index (κ2) is 4.45. The predicted molar refractivity (Wildman–Crippen MR) is 77.8 cm³/mol. The first-order valence-corrected chi connectivity index (χ1v) is 6.81. The van der Waals surface area contributed by atoms with E-state index in [4.69, 9.17) is 5.73 Å². The van der Waals surface area contributed by atoms with E-state index in [2.05, 4.69) is 25.0 Å². The molecule has 9 heteroatoms. The van der Waals surface area contributed by atoms with Crippen LogP contribution in [0.15, 0.2) is 22.1 Å². The average molecular weight is 299 g/mol. The molecule has 4 rings (SSSR count). The standard InChI is InChI=1S/C13H13N7O2/c14-9-4-10(16-7-1-2-7)20-11(18-9)6(5-15-20)3-8-12(21)19-13(22)17-8/h3-5,7,21H,1-2,14H2,(H2,17,19,22)/b6-3+,16-10?. The summed E-state index contributed by atoms with van der Waals surface area (Å²) in [5, 5.41) is 14.5. The Morgan fingerprint density at radius 2 is 2.27 bits per heavy atom. The smallest absolute Gasteiger partial charge is 0.326 e. The summed E-state index contributed by atoms with van der Waals surface area (Å²) < 4.78 is 1.60. The molecule has 22 heavy (non-hydrogen) atoms. The Kier molecular flexibility index (Phi) is 2.55. The summed E-state index contributed by atoms with van der Waals surface area (Å²) in [6.07, 6.45) is 5.30. The number of imidazole rings is 1. The topological polar surface area (TPSA) is 137 Å². The van der Waals surface area contributed by atoms with E-state index in [1.165, 1.54) is 0 Å². The highest BCUT2D eigenvalue weighted by atomic mass is 16.3. The van der Waals surface area contributed by atoms with E-state index in [1.807, 2.05) is 0 Å². The first-order valence-electron chi connectivity index (χ1n) is 6.81. The summed E-state index contributed by atoms with van der Waals surface area (Å²) >= 11 is 0. The maximum atomic E-state index is 11.2.